The minimum atomic E-state index is -4.84. The quantitative estimate of drug-likeness (QED) is 0.494. The molecule has 0 amide bonds. The van der Waals surface area contributed by atoms with Crippen LogP contribution in [0.4, 0.5) is 8.78 Å². The predicted octanol–water partition coefficient (Wildman–Crippen LogP) is 4.19. The van der Waals surface area contributed by atoms with Crippen LogP contribution in [0.25, 0.3) is 10.8 Å². The fraction of sp³-hybridized carbons (Fsp3) is 0.200. The Balaban J connectivity index is 0.000000169. The molecule has 0 aromatic heterocycles. The van der Waals surface area contributed by atoms with E-state index in [1.54, 1.807) is 0 Å². The summed E-state index contributed by atoms with van der Waals surface area (Å²) in [5.41, 5.74) is 0. The van der Waals surface area contributed by atoms with Crippen LogP contribution in [-0.4, -0.2) is 29.6 Å². The van der Waals surface area contributed by atoms with E-state index in [1.807, 2.05) is 18.2 Å². The van der Waals surface area contributed by atoms with Crippen LogP contribution in [-0.2, 0) is 21.0 Å². The van der Waals surface area contributed by atoms with Crippen molar-refractivity contribution in [2.45, 2.75) is 22.6 Å². The van der Waals surface area contributed by atoms with Crippen LogP contribution in [0.15, 0.2) is 64.4 Å². The van der Waals surface area contributed by atoms with Crippen LogP contribution in [0.5, 0.6) is 5.75 Å². The van der Waals surface area contributed by atoms with Crippen molar-refractivity contribution in [2.24, 2.45) is 0 Å². The van der Waals surface area contributed by atoms with E-state index in [2.05, 4.69) is 18.2 Å². The monoisotopic (exact) mass is 424 g/mol. The van der Waals surface area contributed by atoms with E-state index in [9.17, 15) is 26.9 Å². The summed E-state index contributed by atoms with van der Waals surface area (Å²) in [7, 11) is -4.43. The van der Waals surface area contributed by atoms with Gasteiger partial charge in [0.1, 0.15) is 39.0 Å². The molecule has 0 radical (unpaired) electrons. The van der Waals surface area contributed by atoms with Gasteiger partial charge >= 0.3 is 0 Å². The molecule has 28 heavy (non-hydrogen) atoms. The Bertz CT molecular complexity index is 1090. The van der Waals surface area contributed by atoms with Gasteiger partial charge in [-0.05, 0) is 43.2 Å². The molecule has 0 unspecified atom stereocenters. The van der Waals surface area contributed by atoms with Crippen LogP contribution < -0.4 is 0 Å². The van der Waals surface area contributed by atoms with E-state index in [1.165, 1.54) is 34.6 Å². The molecule has 1 saturated heterocycles. The fourth-order valence-electron chi connectivity index (χ4n) is 3.06. The van der Waals surface area contributed by atoms with Crippen LogP contribution in [0.2, 0.25) is 0 Å². The number of hydrogen-bond acceptors (Lipinski definition) is 4. The number of phenols is 1. The summed E-state index contributed by atoms with van der Waals surface area (Å²) >= 11 is 0. The summed E-state index contributed by atoms with van der Waals surface area (Å²) in [5.74, 6) is 0.760. The number of aromatic hydroxyl groups is 1. The molecule has 3 aromatic carbocycles. The molecule has 0 bridgehead atoms. The third-order valence-corrected chi connectivity index (χ3v) is 7.78. The van der Waals surface area contributed by atoms with Crippen molar-refractivity contribution in [1.82, 2.24) is 0 Å². The summed E-state index contributed by atoms with van der Waals surface area (Å²) in [4.78, 5) is 0.412. The molecule has 4 nitrogen and oxygen atoms in total. The Morgan fingerprint density at radius 1 is 0.929 bits per heavy atom. The van der Waals surface area contributed by atoms with Gasteiger partial charge in [0.25, 0.3) is 0 Å². The van der Waals surface area contributed by atoms with Gasteiger partial charge in [-0.1, -0.05) is 18.2 Å². The molecular weight excluding hydrogens is 406 g/mol. The average Bonchev–Trinajstić information content (AvgIpc) is 3.16. The Morgan fingerprint density at radius 2 is 1.57 bits per heavy atom. The van der Waals surface area contributed by atoms with Gasteiger partial charge in [-0.2, -0.15) is 0 Å². The molecular formula is C20H18F2O4S2. The lowest BCUT2D eigenvalue weighted by molar-refractivity contribution is 0.453. The predicted molar refractivity (Wildman–Crippen MR) is 105 cm³/mol. The average molecular weight is 424 g/mol. The highest BCUT2D eigenvalue weighted by Gasteiger charge is 2.28. The maximum atomic E-state index is 12.5. The van der Waals surface area contributed by atoms with Crippen molar-refractivity contribution in [3.8, 4) is 5.75 Å². The smallest absolute Gasteiger partial charge is 0.162 e. The van der Waals surface area contributed by atoms with Gasteiger partial charge in [-0.3, -0.25) is 0 Å². The molecule has 3 aromatic rings. The second kappa shape index (κ2) is 8.46. The number of fused-ring (bicyclic) bond motifs is 1. The normalized spacial score (nSPS) is 14.7. The molecule has 4 rings (SSSR count). The van der Waals surface area contributed by atoms with Crippen molar-refractivity contribution in [3.05, 3.63) is 66.2 Å². The fourth-order valence-corrected chi connectivity index (χ4v) is 6.09. The molecule has 1 heterocycles. The first-order valence-electron chi connectivity index (χ1n) is 8.56. The van der Waals surface area contributed by atoms with E-state index in [4.69, 9.17) is 0 Å². The first-order valence-corrected chi connectivity index (χ1v) is 11.5. The second-order valence-corrected chi connectivity index (χ2v) is 9.86. The lowest BCUT2D eigenvalue weighted by Crippen LogP contribution is -2.04. The Labute approximate surface area is 164 Å². The van der Waals surface area contributed by atoms with Gasteiger partial charge in [-0.25, -0.2) is 17.2 Å². The third-order valence-electron chi connectivity index (χ3n) is 4.37. The Morgan fingerprint density at radius 3 is 2.18 bits per heavy atom. The summed E-state index contributed by atoms with van der Waals surface area (Å²) in [5, 5.41) is 12.1. The van der Waals surface area contributed by atoms with Gasteiger partial charge in [-0.15, -0.1) is 0 Å². The highest BCUT2D eigenvalue weighted by atomic mass is 32.2. The van der Waals surface area contributed by atoms with Crippen molar-refractivity contribution < 1.29 is 26.9 Å². The number of halogens is 2. The van der Waals surface area contributed by atoms with Crippen LogP contribution in [0, 0.1) is 11.6 Å². The minimum Gasteiger partial charge on any atom is -0.744 e. The molecule has 0 saturated carbocycles. The lowest BCUT2D eigenvalue weighted by Gasteiger charge is -2.06. The summed E-state index contributed by atoms with van der Waals surface area (Å²) < 4.78 is 55.5. The van der Waals surface area contributed by atoms with Crippen LogP contribution in [0.1, 0.15) is 12.8 Å². The maximum Gasteiger partial charge on any atom is 0.162 e. The van der Waals surface area contributed by atoms with E-state index >= 15 is 0 Å². The molecule has 0 spiro atoms. The summed E-state index contributed by atoms with van der Waals surface area (Å²) in [6.07, 6.45) is 2.72. The SMILES string of the molecule is O=S(=O)([O-])c1ccc(F)cc1F.Oc1ccc([S+]2CCCC2)c2ccccc12. The number of benzene rings is 3. The van der Waals surface area contributed by atoms with Crippen LogP contribution in [0.3, 0.4) is 0 Å². The zero-order chi connectivity index (χ0) is 20.3. The van der Waals surface area contributed by atoms with Gasteiger partial charge in [0.15, 0.2) is 4.90 Å². The first kappa shape index (κ1) is 20.6. The van der Waals surface area contributed by atoms with Gasteiger partial charge in [0, 0.05) is 27.7 Å². The molecule has 148 valence electrons. The second-order valence-electron chi connectivity index (χ2n) is 6.27. The molecule has 0 atom stereocenters. The zero-order valence-electron chi connectivity index (χ0n) is 14.8. The molecule has 1 aliphatic heterocycles. The molecule has 8 heteroatoms. The zero-order valence-corrected chi connectivity index (χ0v) is 16.4. The van der Waals surface area contributed by atoms with E-state index < -0.39 is 26.6 Å². The summed E-state index contributed by atoms with van der Waals surface area (Å²) in [6.45, 7) is 0. The topological polar surface area (TPSA) is 77.4 Å². The molecule has 1 fully saturated rings. The van der Waals surface area contributed by atoms with Crippen molar-refractivity contribution in [1.29, 1.82) is 0 Å². The third kappa shape index (κ3) is 4.63. The molecule has 1 aliphatic rings. The van der Waals surface area contributed by atoms with Crippen molar-refractivity contribution in [3.63, 3.8) is 0 Å². The number of hydrogen-bond donors (Lipinski definition) is 1. The van der Waals surface area contributed by atoms with Crippen LogP contribution >= 0.6 is 0 Å². The first-order chi connectivity index (χ1) is 13.3. The largest absolute Gasteiger partial charge is 0.744 e. The molecule has 1 N–H and O–H groups in total. The highest BCUT2D eigenvalue weighted by Crippen LogP contribution is 2.33. The summed E-state index contributed by atoms with van der Waals surface area (Å²) in [6, 6.07) is 13.8. The van der Waals surface area contributed by atoms with E-state index in [0.717, 1.165) is 5.39 Å². The Kier molecular flexibility index (Phi) is 6.22. The van der Waals surface area contributed by atoms with Gasteiger partial charge < -0.3 is 9.66 Å². The molecule has 0 aliphatic carbocycles. The maximum absolute atomic E-state index is 12.5. The van der Waals surface area contributed by atoms with Crippen molar-refractivity contribution in [2.75, 3.05) is 11.5 Å². The van der Waals surface area contributed by atoms with E-state index in [-0.39, 0.29) is 0 Å². The standard InChI is InChI=1S/C14H14OS.C6H4F2O3S/c15-13-7-8-14(16-9-3-4-10-16)12-6-2-1-5-11(12)13;7-4-1-2-6(5(8)3-4)12(9,10)11/h1-2,5-8H,3-4,9-10H2;1-3H,(H,9,10,11). The number of phenolic OH excluding ortho intramolecular Hbond substituents is 1. The minimum absolute atomic E-state index is 0.338. The van der Waals surface area contributed by atoms with Gasteiger partial charge in [0.05, 0.1) is 4.90 Å². The Hall–Kier alpha value is -2.16. The van der Waals surface area contributed by atoms with Crippen molar-refractivity contribution >= 4 is 31.8 Å². The van der Waals surface area contributed by atoms with E-state index in [0.29, 0.717) is 34.8 Å². The van der Waals surface area contributed by atoms with Gasteiger partial charge in [0.2, 0.25) is 0 Å². The number of rotatable bonds is 2. The highest BCUT2D eigenvalue weighted by molar-refractivity contribution is 7.97. The lowest BCUT2D eigenvalue weighted by atomic mass is 10.1.